The van der Waals surface area contributed by atoms with Gasteiger partial charge in [-0.15, -0.1) is 0 Å². The van der Waals surface area contributed by atoms with Crippen molar-refractivity contribution in [3.05, 3.63) is 59.3 Å². The van der Waals surface area contributed by atoms with E-state index in [0.29, 0.717) is 12.2 Å². The van der Waals surface area contributed by atoms with Gasteiger partial charge in [-0.1, -0.05) is 25.1 Å². The number of halogens is 1. The van der Waals surface area contributed by atoms with Gasteiger partial charge in [-0.2, -0.15) is 0 Å². The summed E-state index contributed by atoms with van der Waals surface area (Å²) in [6.07, 6.45) is 0.614. The Morgan fingerprint density at radius 3 is 2.57 bits per heavy atom. The number of nitrogens with one attached hydrogen (secondary N) is 1. The van der Waals surface area contributed by atoms with Gasteiger partial charge in [0.25, 0.3) is 5.91 Å². The minimum atomic E-state index is -1.48. The van der Waals surface area contributed by atoms with Crippen molar-refractivity contribution in [2.24, 2.45) is 0 Å². The molecule has 2 aromatic rings. The molecular formula is C15H14FNO4. The van der Waals surface area contributed by atoms with Crippen molar-refractivity contribution in [3.63, 3.8) is 0 Å². The number of aliphatic carboxylic acids is 1. The Balaban J connectivity index is 2.23. The van der Waals surface area contributed by atoms with Crippen molar-refractivity contribution in [3.8, 4) is 0 Å². The van der Waals surface area contributed by atoms with Gasteiger partial charge >= 0.3 is 5.97 Å². The maximum absolute atomic E-state index is 13.7. The van der Waals surface area contributed by atoms with Crippen LogP contribution in [0, 0.1) is 5.82 Å². The Morgan fingerprint density at radius 2 is 2.00 bits per heavy atom. The van der Waals surface area contributed by atoms with E-state index < -0.39 is 23.7 Å². The van der Waals surface area contributed by atoms with E-state index in [9.17, 15) is 19.1 Å². The monoisotopic (exact) mass is 291 g/mol. The molecule has 21 heavy (non-hydrogen) atoms. The molecular weight excluding hydrogens is 277 g/mol. The van der Waals surface area contributed by atoms with Crippen LogP contribution in [0.1, 0.15) is 34.8 Å². The molecule has 0 fully saturated rings. The first-order valence-corrected chi connectivity index (χ1v) is 6.39. The second-order valence-electron chi connectivity index (χ2n) is 4.39. The van der Waals surface area contributed by atoms with Crippen LogP contribution in [0.2, 0.25) is 0 Å². The number of carboxylic acids is 1. The molecule has 0 aliphatic rings. The first-order valence-electron chi connectivity index (χ1n) is 6.39. The van der Waals surface area contributed by atoms with E-state index in [1.54, 1.807) is 6.07 Å². The molecule has 0 bridgehead atoms. The van der Waals surface area contributed by atoms with E-state index in [1.807, 2.05) is 6.92 Å². The van der Waals surface area contributed by atoms with Crippen LogP contribution in [0.3, 0.4) is 0 Å². The van der Waals surface area contributed by atoms with Gasteiger partial charge in [-0.25, -0.2) is 9.18 Å². The van der Waals surface area contributed by atoms with E-state index >= 15 is 0 Å². The molecule has 0 spiro atoms. The molecule has 2 rings (SSSR count). The summed E-state index contributed by atoms with van der Waals surface area (Å²) in [5.41, 5.74) is -0.111. The number of aryl methyl sites for hydroxylation is 1. The first kappa shape index (κ1) is 14.8. The smallest absolute Gasteiger partial charge is 0.331 e. The van der Waals surface area contributed by atoms with Crippen LogP contribution >= 0.6 is 0 Å². The quantitative estimate of drug-likeness (QED) is 0.887. The highest BCUT2D eigenvalue weighted by molar-refractivity contribution is 5.94. The Bertz CT molecular complexity index is 665. The van der Waals surface area contributed by atoms with Crippen LogP contribution in [-0.2, 0) is 11.2 Å². The van der Waals surface area contributed by atoms with E-state index in [4.69, 9.17) is 4.42 Å². The summed E-state index contributed by atoms with van der Waals surface area (Å²) in [6.45, 7) is 1.86. The second kappa shape index (κ2) is 6.21. The summed E-state index contributed by atoms with van der Waals surface area (Å²) in [5, 5.41) is 11.4. The average molecular weight is 291 g/mol. The van der Waals surface area contributed by atoms with E-state index in [2.05, 4.69) is 5.32 Å². The zero-order chi connectivity index (χ0) is 15.4. The van der Waals surface area contributed by atoms with E-state index in [1.165, 1.54) is 24.3 Å². The van der Waals surface area contributed by atoms with Gasteiger partial charge in [-0.05, 0) is 18.2 Å². The lowest BCUT2D eigenvalue weighted by molar-refractivity contribution is -0.139. The molecule has 2 N–H and O–H groups in total. The fourth-order valence-electron chi connectivity index (χ4n) is 1.87. The number of hydrogen-bond donors (Lipinski definition) is 2. The number of carboxylic acid groups (broad SMARTS) is 1. The Morgan fingerprint density at radius 1 is 1.29 bits per heavy atom. The van der Waals surface area contributed by atoms with Gasteiger partial charge in [0.1, 0.15) is 11.6 Å². The van der Waals surface area contributed by atoms with Gasteiger partial charge < -0.3 is 14.8 Å². The molecule has 0 aliphatic carbocycles. The van der Waals surface area contributed by atoms with Crippen molar-refractivity contribution in [1.82, 2.24) is 5.32 Å². The van der Waals surface area contributed by atoms with Gasteiger partial charge in [-0.3, -0.25) is 4.79 Å². The van der Waals surface area contributed by atoms with Crippen molar-refractivity contribution in [2.45, 2.75) is 19.4 Å². The summed E-state index contributed by atoms with van der Waals surface area (Å²) < 4.78 is 18.9. The van der Waals surface area contributed by atoms with Crippen molar-refractivity contribution in [2.75, 3.05) is 0 Å². The predicted octanol–water partition coefficient (Wildman–Crippen LogP) is 2.54. The summed E-state index contributed by atoms with van der Waals surface area (Å²) in [6, 6.07) is 7.01. The number of carbonyl (C=O) groups excluding carboxylic acids is 1. The van der Waals surface area contributed by atoms with Crippen LogP contribution in [0.5, 0.6) is 0 Å². The highest BCUT2D eigenvalue weighted by Crippen LogP contribution is 2.18. The summed E-state index contributed by atoms with van der Waals surface area (Å²) in [7, 11) is 0. The Labute approximate surface area is 120 Å². The zero-order valence-corrected chi connectivity index (χ0v) is 11.3. The lowest BCUT2D eigenvalue weighted by Crippen LogP contribution is -2.34. The highest BCUT2D eigenvalue weighted by atomic mass is 19.1. The fourth-order valence-corrected chi connectivity index (χ4v) is 1.87. The molecule has 1 aromatic heterocycles. The topological polar surface area (TPSA) is 79.5 Å². The largest absolute Gasteiger partial charge is 0.479 e. The number of furan rings is 1. The predicted molar refractivity (Wildman–Crippen MR) is 72.3 cm³/mol. The number of carbonyl (C=O) groups is 2. The van der Waals surface area contributed by atoms with Gasteiger partial charge in [0.2, 0.25) is 0 Å². The number of hydrogen-bond acceptors (Lipinski definition) is 3. The summed E-state index contributed by atoms with van der Waals surface area (Å²) >= 11 is 0. The number of amides is 1. The van der Waals surface area contributed by atoms with Crippen molar-refractivity contribution < 1.29 is 23.5 Å². The SMILES string of the molecule is CCc1ccc(C(=O)NC(C(=O)O)c2ccccc2F)o1. The zero-order valence-electron chi connectivity index (χ0n) is 11.3. The minimum Gasteiger partial charge on any atom is -0.479 e. The summed E-state index contributed by atoms with van der Waals surface area (Å²) in [4.78, 5) is 23.3. The van der Waals surface area contributed by atoms with Crippen LogP contribution in [0.25, 0.3) is 0 Å². The average Bonchev–Trinajstić information content (AvgIpc) is 2.94. The van der Waals surface area contributed by atoms with Crippen molar-refractivity contribution >= 4 is 11.9 Å². The number of rotatable bonds is 5. The maximum atomic E-state index is 13.7. The highest BCUT2D eigenvalue weighted by Gasteiger charge is 2.26. The third kappa shape index (κ3) is 3.28. The standard InChI is InChI=1S/C15H14FNO4/c1-2-9-7-8-12(21-9)14(18)17-13(15(19)20)10-5-3-4-6-11(10)16/h3-8,13H,2H2,1H3,(H,17,18)(H,19,20). The molecule has 1 aromatic carbocycles. The maximum Gasteiger partial charge on any atom is 0.331 e. The van der Waals surface area contributed by atoms with Gasteiger partial charge in [0.05, 0.1) is 0 Å². The minimum absolute atomic E-state index is 0.00515. The third-order valence-electron chi connectivity index (χ3n) is 2.97. The molecule has 0 saturated carbocycles. The molecule has 1 amide bonds. The van der Waals surface area contributed by atoms with Crippen LogP contribution in [-0.4, -0.2) is 17.0 Å². The molecule has 0 radical (unpaired) electrons. The molecule has 0 saturated heterocycles. The van der Waals surface area contributed by atoms with Crippen LogP contribution < -0.4 is 5.32 Å². The lowest BCUT2D eigenvalue weighted by Gasteiger charge is -2.14. The lowest BCUT2D eigenvalue weighted by atomic mass is 10.1. The Kier molecular flexibility index (Phi) is 4.37. The van der Waals surface area contributed by atoms with Crippen LogP contribution in [0.15, 0.2) is 40.8 Å². The molecule has 110 valence electrons. The molecule has 0 aliphatic heterocycles. The van der Waals surface area contributed by atoms with Gasteiger partial charge in [0.15, 0.2) is 11.8 Å². The van der Waals surface area contributed by atoms with E-state index in [0.717, 1.165) is 6.07 Å². The molecule has 1 atom stereocenters. The summed E-state index contributed by atoms with van der Waals surface area (Å²) in [5.74, 6) is -2.15. The molecule has 1 unspecified atom stereocenters. The second-order valence-corrected chi connectivity index (χ2v) is 4.39. The molecule has 5 nitrogen and oxygen atoms in total. The molecule has 6 heteroatoms. The third-order valence-corrected chi connectivity index (χ3v) is 2.97. The van der Waals surface area contributed by atoms with Gasteiger partial charge in [0, 0.05) is 12.0 Å². The Hall–Kier alpha value is -2.63. The normalized spacial score (nSPS) is 11.9. The van der Waals surface area contributed by atoms with E-state index in [-0.39, 0.29) is 11.3 Å². The van der Waals surface area contributed by atoms with Crippen LogP contribution in [0.4, 0.5) is 4.39 Å². The molecule has 1 heterocycles. The first-order chi connectivity index (χ1) is 10.0. The fraction of sp³-hybridized carbons (Fsp3) is 0.200. The number of benzene rings is 1. The van der Waals surface area contributed by atoms with Crippen molar-refractivity contribution in [1.29, 1.82) is 0 Å².